The quantitative estimate of drug-likeness (QED) is 0.312. The molecule has 0 radical (unpaired) electrons. The van der Waals surface area contributed by atoms with Crippen molar-refractivity contribution in [1.29, 1.82) is 0 Å². The highest BCUT2D eigenvalue weighted by Crippen LogP contribution is 2.44. The molecule has 5 aromatic rings. The number of fused-ring (bicyclic) bond motifs is 2. The van der Waals surface area contributed by atoms with Gasteiger partial charge in [-0.1, -0.05) is 91.0 Å². The smallest absolute Gasteiger partial charge is 0.126 e. The fourth-order valence-corrected chi connectivity index (χ4v) is 4.72. The summed E-state index contributed by atoms with van der Waals surface area (Å²) in [6.07, 6.45) is 0. The summed E-state index contributed by atoms with van der Waals surface area (Å²) in [4.78, 5) is 0. The van der Waals surface area contributed by atoms with Crippen LogP contribution < -0.4 is 0 Å². The van der Waals surface area contributed by atoms with Crippen LogP contribution in [0, 0.1) is 13.8 Å². The largest absolute Gasteiger partial charge is 0.507 e. The molecule has 0 bridgehead atoms. The number of benzene rings is 5. The second-order valence-corrected chi connectivity index (χ2v) is 8.20. The molecule has 0 saturated heterocycles. The minimum Gasteiger partial charge on any atom is -0.507 e. The van der Waals surface area contributed by atoms with Gasteiger partial charge in [-0.15, -0.1) is 0 Å². The Kier molecular flexibility index (Phi) is 4.63. The van der Waals surface area contributed by atoms with Gasteiger partial charge in [-0.2, -0.15) is 0 Å². The van der Waals surface area contributed by atoms with Crippen LogP contribution >= 0.6 is 0 Å². The van der Waals surface area contributed by atoms with E-state index in [1.54, 1.807) is 0 Å². The Labute approximate surface area is 182 Å². The van der Waals surface area contributed by atoms with E-state index in [1.807, 2.05) is 56.3 Å². The fraction of sp³-hybridized carbons (Fsp3) is 0.103. The highest BCUT2D eigenvalue weighted by molar-refractivity contribution is 5.96. The van der Waals surface area contributed by atoms with Gasteiger partial charge in [0, 0.05) is 16.7 Å². The van der Waals surface area contributed by atoms with Crippen LogP contribution in [-0.4, -0.2) is 10.2 Å². The van der Waals surface area contributed by atoms with E-state index < -0.39 is 0 Å². The molecule has 0 aliphatic heterocycles. The summed E-state index contributed by atoms with van der Waals surface area (Å²) < 4.78 is 0. The average Bonchev–Trinajstić information content (AvgIpc) is 2.81. The van der Waals surface area contributed by atoms with E-state index in [9.17, 15) is 10.2 Å². The maximum absolute atomic E-state index is 10.7. The molecule has 31 heavy (non-hydrogen) atoms. The predicted molar refractivity (Wildman–Crippen MR) is 128 cm³/mol. The van der Waals surface area contributed by atoms with Crippen LogP contribution in [0.15, 0.2) is 91.0 Å². The predicted octanol–water partition coefficient (Wildman–Crippen LogP) is 7.20. The monoisotopic (exact) mass is 404 g/mol. The van der Waals surface area contributed by atoms with Crippen molar-refractivity contribution in [2.24, 2.45) is 0 Å². The Hall–Kier alpha value is -3.78. The van der Waals surface area contributed by atoms with Crippen LogP contribution in [0.1, 0.15) is 33.7 Å². The number of hydrogen-bond donors (Lipinski definition) is 2. The van der Waals surface area contributed by atoms with E-state index >= 15 is 0 Å². The maximum atomic E-state index is 10.7. The zero-order valence-corrected chi connectivity index (χ0v) is 17.6. The number of rotatable bonds is 3. The summed E-state index contributed by atoms with van der Waals surface area (Å²) in [7, 11) is 0. The normalized spacial score (nSPS) is 11.5. The third-order valence-corrected chi connectivity index (χ3v) is 6.23. The molecule has 0 saturated carbocycles. The van der Waals surface area contributed by atoms with Gasteiger partial charge in [0.2, 0.25) is 0 Å². The summed E-state index contributed by atoms with van der Waals surface area (Å²) >= 11 is 0. The van der Waals surface area contributed by atoms with Crippen LogP contribution in [0.3, 0.4) is 0 Å². The van der Waals surface area contributed by atoms with Crippen molar-refractivity contribution in [3.05, 3.63) is 119 Å². The molecule has 0 aromatic heterocycles. The summed E-state index contributed by atoms with van der Waals surface area (Å²) in [5.74, 6) is 0.616. The molecule has 0 heterocycles. The Morgan fingerprint density at radius 2 is 0.903 bits per heavy atom. The molecule has 0 fully saturated rings. The maximum Gasteiger partial charge on any atom is 0.126 e. The zero-order valence-electron chi connectivity index (χ0n) is 17.6. The van der Waals surface area contributed by atoms with Crippen LogP contribution in [-0.2, 0) is 0 Å². The summed E-state index contributed by atoms with van der Waals surface area (Å²) in [5, 5.41) is 25.2. The molecule has 0 aliphatic carbocycles. The molecular weight excluding hydrogens is 380 g/mol. The first kappa shape index (κ1) is 19.2. The van der Waals surface area contributed by atoms with E-state index in [1.165, 1.54) is 5.56 Å². The fourth-order valence-electron chi connectivity index (χ4n) is 4.72. The van der Waals surface area contributed by atoms with Gasteiger partial charge in [-0.25, -0.2) is 0 Å². The van der Waals surface area contributed by atoms with Crippen molar-refractivity contribution in [2.45, 2.75) is 19.8 Å². The van der Waals surface area contributed by atoms with Crippen LogP contribution in [0.2, 0.25) is 0 Å². The van der Waals surface area contributed by atoms with Crippen molar-refractivity contribution in [1.82, 2.24) is 0 Å². The van der Waals surface area contributed by atoms with E-state index in [0.29, 0.717) is 11.5 Å². The molecule has 0 unspecified atom stereocenters. The molecular formula is C29H24O2. The average molecular weight is 405 g/mol. The first-order chi connectivity index (χ1) is 15.1. The van der Waals surface area contributed by atoms with Gasteiger partial charge in [0.05, 0.1) is 0 Å². The van der Waals surface area contributed by atoms with E-state index in [0.717, 1.165) is 43.8 Å². The van der Waals surface area contributed by atoms with Gasteiger partial charge >= 0.3 is 0 Å². The summed E-state index contributed by atoms with van der Waals surface area (Å²) in [5.41, 5.74) is 5.18. The minimum atomic E-state index is -0.0467. The molecule has 2 heteroatoms. The second kappa shape index (κ2) is 7.48. The van der Waals surface area contributed by atoms with Crippen LogP contribution in [0.25, 0.3) is 21.5 Å². The molecule has 0 aliphatic rings. The van der Waals surface area contributed by atoms with Gasteiger partial charge in [0.15, 0.2) is 0 Å². The van der Waals surface area contributed by atoms with Gasteiger partial charge in [0.25, 0.3) is 0 Å². The van der Waals surface area contributed by atoms with Crippen molar-refractivity contribution < 1.29 is 10.2 Å². The van der Waals surface area contributed by atoms with Gasteiger partial charge in [0.1, 0.15) is 11.5 Å². The Bertz CT molecular complexity index is 1330. The molecule has 0 spiro atoms. The Morgan fingerprint density at radius 1 is 0.516 bits per heavy atom. The third kappa shape index (κ3) is 3.12. The van der Waals surface area contributed by atoms with Gasteiger partial charge in [-0.3, -0.25) is 0 Å². The molecule has 2 nitrogen and oxygen atoms in total. The number of hydrogen-bond acceptors (Lipinski definition) is 2. The highest BCUT2D eigenvalue weighted by atomic mass is 16.3. The summed E-state index contributed by atoms with van der Waals surface area (Å²) in [6.45, 7) is 3.90. The topological polar surface area (TPSA) is 40.5 Å². The lowest BCUT2D eigenvalue weighted by molar-refractivity contribution is 0.477. The lowest BCUT2D eigenvalue weighted by atomic mass is 9.79. The molecule has 0 atom stereocenters. The molecule has 152 valence electrons. The van der Waals surface area contributed by atoms with Gasteiger partial charge in [-0.05, 0) is 52.4 Å². The molecule has 0 amide bonds. The molecule has 5 rings (SSSR count). The number of aryl methyl sites for hydroxylation is 2. The number of phenolic OH excluding ortho intramolecular Hbond substituents is 2. The summed E-state index contributed by atoms with van der Waals surface area (Å²) in [6, 6.07) is 30.7. The van der Waals surface area contributed by atoms with E-state index in [2.05, 4.69) is 48.5 Å². The van der Waals surface area contributed by atoms with Gasteiger partial charge < -0.3 is 10.2 Å². The lowest BCUT2D eigenvalue weighted by Crippen LogP contribution is -2.06. The number of aromatic hydroxyl groups is 2. The SMILES string of the molecule is Cc1cc(C(c2ccccc2)c2cc(C)c(O)c3ccccc23)c2ccccc2c1O. The Balaban J connectivity index is 1.92. The van der Waals surface area contributed by atoms with Crippen LogP contribution in [0.5, 0.6) is 11.5 Å². The number of phenols is 2. The van der Waals surface area contributed by atoms with E-state index in [-0.39, 0.29) is 5.92 Å². The van der Waals surface area contributed by atoms with Crippen molar-refractivity contribution in [3.63, 3.8) is 0 Å². The minimum absolute atomic E-state index is 0.0467. The molecule has 2 N–H and O–H groups in total. The van der Waals surface area contributed by atoms with Crippen molar-refractivity contribution in [2.75, 3.05) is 0 Å². The van der Waals surface area contributed by atoms with Crippen LogP contribution in [0.4, 0.5) is 0 Å². The Morgan fingerprint density at radius 3 is 1.35 bits per heavy atom. The second-order valence-electron chi connectivity index (χ2n) is 8.20. The first-order valence-corrected chi connectivity index (χ1v) is 10.5. The zero-order chi connectivity index (χ0) is 21.5. The highest BCUT2D eigenvalue weighted by Gasteiger charge is 2.24. The first-order valence-electron chi connectivity index (χ1n) is 10.5. The lowest BCUT2D eigenvalue weighted by Gasteiger charge is -2.24. The van der Waals surface area contributed by atoms with Crippen molar-refractivity contribution in [3.8, 4) is 11.5 Å². The third-order valence-electron chi connectivity index (χ3n) is 6.23. The standard InChI is InChI=1S/C29H24O2/c1-18-16-25(21-12-6-8-14-23(21)28(18)30)27(20-10-4-3-5-11-20)26-17-19(2)29(31)24-15-9-7-13-22(24)26/h3-17,27,30-31H,1-2H3. The molecule has 5 aromatic carbocycles. The van der Waals surface area contributed by atoms with Crippen molar-refractivity contribution >= 4 is 21.5 Å². The van der Waals surface area contributed by atoms with E-state index in [4.69, 9.17) is 0 Å².